The molecule has 0 aliphatic carbocycles. The van der Waals surface area contributed by atoms with Gasteiger partial charge >= 0.3 is 0 Å². The van der Waals surface area contributed by atoms with E-state index in [1.807, 2.05) is 61.0 Å². The Bertz CT molecular complexity index is 884. The van der Waals surface area contributed by atoms with Crippen molar-refractivity contribution >= 4 is 5.91 Å². The number of methoxy groups -OCH3 is 1. The van der Waals surface area contributed by atoms with E-state index in [0.717, 1.165) is 28.3 Å². The van der Waals surface area contributed by atoms with Crippen LogP contribution in [0.1, 0.15) is 32.9 Å². The predicted octanol–water partition coefficient (Wildman–Crippen LogP) is 3.49. The van der Waals surface area contributed by atoms with Gasteiger partial charge in [0.1, 0.15) is 5.75 Å². The fourth-order valence-corrected chi connectivity index (χ4v) is 2.95. The molecule has 0 atom stereocenters. The molecule has 134 valence electrons. The van der Waals surface area contributed by atoms with E-state index in [-0.39, 0.29) is 5.91 Å². The molecule has 0 radical (unpaired) electrons. The summed E-state index contributed by atoms with van der Waals surface area (Å²) in [6.45, 7) is 4.92. The smallest absolute Gasteiger partial charge is 0.255 e. The highest BCUT2D eigenvalue weighted by atomic mass is 16.5. The highest BCUT2D eigenvalue weighted by Gasteiger charge is 2.18. The molecule has 1 N–H and O–H groups in total. The molecule has 0 spiro atoms. The SMILES string of the molecule is COc1ccc(CNC(=O)c2c(C)nn(Cc3ccccc3)c2C)cc1. The third-order valence-electron chi connectivity index (χ3n) is 4.40. The van der Waals surface area contributed by atoms with Crippen molar-refractivity contribution in [2.75, 3.05) is 7.11 Å². The summed E-state index contributed by atoms with van der Waals surface area (Å²) in [6.07, 6.45) is 0. The minimum absolute atomic E-state index is 0.102. The van der Waals surface area contributed by atoms with Crippen molar-refractivity contribution in [1.29, 1.82) is 0 Å². The molecule has 0 unspecified atom stereocenters. The van der Waals surface area contributed by atoms with Crippen LogP contribution in [0, 0.1) is 13.8 Å². The average molecular weight is 349 g/mol. The number of benzene rings is 2. The lowest BCUT2D eigenvalue weighted by Gasteiger charge is -2.08. The van der Waals surface area contributed by atoms with Gasteiger partial charge in [0.2, 0.25) is 0 Å². The molecule has 5 heteroatoms. The average Bonchev–Trinajstić information content (AvgIpc) is 2.94. The zero-order valence-electron chi connectivity index (χ0n) is 15.3. The van der Waals surface area contributed by atoms with Crippen LogP contribution < -0.4 is 10.1 Å². The quantitative estimate of drug-likeness (QED) is 0.741. The van der Waals surface area contributed by atoms with E-state index < -0.39 is 0 Å². The molecular weight excluding hydrogens is 326 g/mol. The first-order chi connectivity index (χ1) is 12.6. The Morgan fingerprint density at radius 1 is 1.04 bits per heavy atom. The van der Waals surface area contributed by atoms with Crippen LogP contribution in [-0.4, -0.2) is 22.8 Å². The lowest BCUT2D eigenvalue weighted by molar-refractivity contribution is 0.0949. The Hall–Kier alpha value is -3.08. The number of nitrogens with zero attached hydrogens (tertiary/aromatic N) is 2. The standard InChI is InChI=1S/C21H23N3O2/c1-15-20(16(2)24(23-15)14-18-7-5-4-6-8-18)21(25)22-13-17-9-11-19(26-3)12-10-17/h4-12H,13-14H2,1-3H3,(H,22,25). The second kappa shape index (κ2) is 7.87. The molecule has 0 fully saturated rings. The first-order valence-corrected chi connectivity index (χ1v) is 8.57. The zero-order chi connectivity index (χ0) is 18.5. The van der Waals surface area contributed by atoms with Gasteiger partial charge in [-0.3, -0.25) is 9.48 Å². The first kappa shape index (κ1) is 17.7. The van der Waals surface area contributed by atoms with Crippen molar-refractivity contribution in [1.82, 2.24) is 15.1 Å². The molecular formula is C21H23N3O2. The lowest BCUT2D eigenvalue weighted by Crippen LogP contribution is -2.24. The van der Waals surface area contributed by atoms with Crippen LogP contribution >= 0.6 is 0 Å². The molecule has 26 heavy (non-hydrogen) atoms. The highest BCUT2D eigenvalue weighted by molar-refractivity contribution is 5.96. The summed E-state index contributed by atoms with van der Waals surface area (Å²) >= 11 is 0. The van der Waals surface area contributed by atoms with Gasteiger partial charge in [-0.1, -0.05) is 42.5 Å². The van der Waals surface area contributed by atoms with Crippen molar-refractivity contribution in [2.45, 2.75) is 26.9 Å². The zero-order valence-corrected chi connectivity index (χ0v) is 15.3. The van der Waals surface area contributed by atoms with Crippen LogP contribution in [0.4, 0.5) is 0 Å². The number of hydrogen-bond acceptors (Lipinski definition) is 3. The number of rotatable bonds is 6. The molecule has 0 saturated carbocycles. The Kier molecular flexibility index (Phi) is 5.37. The topological polar surface area (TPSA) is 56.1 Å². The Morgan fingerprint density at radius 3 is 2.38 bits per heavy atom. The van der Waals surface area contributed by atoms with Gasteiger partial charge in [0.05, 0.1) is 24.9 Å². The number of nitrogens with one attached hydrogen (secondary N) is 1. The number of hydrogen-bond donors (Lipinski definition) is 1. The molecule has 2 aromatic carbocycles. The minimum Gasteiger partial charge on any atom is -0.497 e. The monoisotopic (exact) mass is 349 g/mol. The van der Waals surface area contributed by atoms with Gasteiger partial charge in [-0.25, -0.2) is 0 Å². The van der Waals surface area contributed by atoms with Crippen molar-refractivity contribution in [3.8, 4) is 5.75 Å². The Morgan fingerprint density at radius 2 is 1.73 bits per heavy atom. The van der Waals surface area contributed by atoms with Gasteiger partial charge in [-0.15, -0.1) is 0 Å². The number of carbonyl (C=O) groups excluding carboxylic acids is 1. The van der Waals surface area contributed by atoms with Crippen LogP contribution in [0.3, 0.4) is 0 Å². The van der Waals surface area contributed by atoms with E-state index in [1.54, 1.807) is 7.11 Å². The summed E-state index contributed by atoms with van der Waals surface area (Å²) in [5.41, 5.74) is 4.44. The molecule has 0 bridgehead atoms. The van der Waals surface area contributed by atoms with Crippen LogP contribution in [0.25, 0.3) is 0 Å². The Balaban J connectivity index is 1.70. The summed E-state index contributed by atoms with van der Waals surface area (Å²) in [7, 11) is 1.63. The molecule has 5 nitrogen and oxygen atoms in total. The summed E-state index contributed by atoms with van der Waals surface area (Å²) in [6, 6.07) is 17.8. The summed E-state index contributed by atoms with van der Waals surface area (Å²) in [5, 5.41) is 7.52. The van der Waals surface area contributed by atoms with Crippen molar-refractivity contribution < 1.29 is 9.53 Å². The van der Waals surface area contributed by atoms with Gasteiger partial charge in [0.15, 0.2) is 0 Å². The maximum atomic E-state index is 12.7. The van der Waals surface area contributed by atoms with Gasteiger partial charge in [-0.2, -0.15) is 5.10 Å². The number of aryl methyl sites for hydroxylation is 1. The summed E-state index contributed by atoms with van der Waals surface area (Å²) < 4.78 is 7.03. The number of carbonyl (C=O) groups is 1. The normalized spacial score (nSPS) is 10.6. The third-order valence-corrected chi connectivity index (χ3v) is 4.40. The number of amides is 1. The van der Waals surface area contributed by atoms with E-state index in [4.69, 9.17) is 4.74 Å². The van der Waals surface area contributed by atoms with E-state index in [2.05, 4.69) is 22.5 Å². The van der Waals surface area contributed by atoms with E-state index in [1.165, 1.54) is 0 Å². The minimum atomic E-state index is -0.102. The van der Waals surface area contributed by atoms with Crippen LogP contribution in [-0.2, 0) is 13.1 Å². The molecule has 3 rings (SSSR count). The molecule has 0 aliphatic rings. The molecule has 1 aromatic heterocycles. The molecule has 3 aromatic rings. The lowest BCUT2D eigenvalue weighted by atomic mass is 10.1. The highest BCUT2D eigenvalue weighted by Crippen LogP contribution is 2.16. The van der Waals surface area contributed by atoms with E-state index in [0.29, 0.717) is 18.7 Å². The second-order valence-electron chi connectivity index (χ2n) is 6.22. The summed E-state index contributed by atoms with van der Waals surface area (Å²) in [4.78, 5) is 12.7. The fraction of sp³-hybridized carbons (Fsp3) is 0.238. The van der Waals surface area contributed by atoms with Crippen molar-refractivity contribution in [3.63, 3.8) is 0 Å². The summed E-state index contributed by atoms with van der Waals surface area (Å²) in [5.74, 6) is 0.698. The Labute approximate surface area is 153 Å². The van der Waals surface area contributed by atoms with Gasteiger partial charge in [0, 0.05) is 12.2 Å². The first-order valence-electron chi connectivity index (χ1n) is 8.57. The van der Waals surface area contributed by atoms with E-state index in [9.17, 15) is 4.79 Å². The molecule has 0 aliphatic heterocycles. The number of ether oxygens (including phenoxy) is 1. The van der Waals surface area contributed by atoms with Crippen LogP contribution in [0.5, 0.6) is 5.75 Å². The maximum absolute atomic E-state index is 12.7. The van der Waals surface area contributed by atoms with Crippen molar-refractivity contribution in [2.24, 2.45) is 0 Å². The van der Waals surface area contributed by atoms with E-state index >= 15 is 0 Å². The van der Waals surface area contributed by atoms with Crippen molar-refractivity contribution in [3.05, 3.63) is 82.7 Å². The van der Waals surface area contributed by atoms with Crippen LogP contribution in [0.2, 0.25) is 0 Å². The molecule has 1 heterocycles. The largest absolute Gasteiger partial charge is 0.497 e. The van der Waals surface area contributed by atoms with Crippen LogP contribution in [0.15, 0.2) is 54.6 Å². The van der Waals surface area contributed by atoms with Gasteiger partial charge in [-0.05, 0) is 37.1 Å². The number of aromatic nitrogens is 2. The molecule has 1 amide bonds. The van der Waals surface area contributed by atoms with Gasteiger partial charge in [0.25, 0.3) is 5.91 Å². The third kappa shape index (κ3) is 3.94. The predicted molar refractivity (Wildman–Crippen MR) is 101 cm³/mol. The maximum Gasteiger partial charge on any atom is 0.255 e. The fourth-order valence-electron chi connectivity index (χ4n) is 2.95. The second-order valence-corrected chi connectivity index (χ2v) is 6.22. The molecule has 0 saturated heterocycles. The van der Waals surface area contributed by atoms with Gasteiger partial charge < -0.3 is 10.1 Å².